The van der Waals surface area contributed by atoms with Crippen LogP contribution < -0.4 is 10.2 Å². The number of anilines is 1. The van der Waals surface area contributed by atoms with Gasteiger partial charge in [-0.05, 0) is 38.3 Å². The normalized spacial score (nSPS) is 21.6. The number of nitrogens with zero attached hydrogens (tertiary/aromatic N) is 3. The van der Waals surface area contributed by atoms with Crippen molar-refractivity contribution in [2.45, 2.75) is 44.4 Å². The summed E-state index contributed by atoms with van der Waals surface area (Å²) in [6.45, 7) is 6.45. The topological polar surface area (TPSA) is 84.4 Å². The lowest BCUT2D eigenvalue weighted by Gasteiger charge is -2.42. The van der Waals surface area contributed by atoms with Crippen molar-refractivity contribution in [1.82, 2.24) is 15.3 Å². The van der Waals surface area contributed by atoms with E-state index < -0.39 is 23.0 Å². The molecule has 2 heterocycles. The molecular weight excluding hydrogens is 423 g/mol. The Morgan fingerprint density at radius 3 is 2.52 bits per heavy atom. The summed E-state index contributed by atoms with van der Waals surface area (Å²) in [4.78, 5) is 35.8. The predicted molar refractivity (Wildman–Crippen MR) is 115 cm³/mol. The Labute approximate surface area is 186 Å². The van der Waals surface area contributed by atoms with E-state index in [1.807, 2.05) is 13.8 Å². The van der Waals surface area contributed by atoms with E-state index in [9.17, 15) is 14.0 Å². The minimum Gasteiger partial charge on any atom is -0.381 e. The number of hydrogen-bond donors (Lipinski definition) is 1. The molecule has 3 rings (SSSR count). The summed E-state index contributed by atoms with van der Waals surface area (Å²) in [6, 6.07) is 6.70. The second kappa shape index (κ2) is 9.70. The molecule has 0 aliphatic carbocycles. The Morgan fingerprint density at radius 1 is 1.29 bits per heavy atom. The van der Waals surface area contributed by atoms with Gasteiger partial charge >= 0.3 is 0 Å². The average molecular weight is 449 g/mol. The Bertz CT molecular complexity index is 913. The number of carbonyl (C=O) groups is 2. The van der Waals surface area contributed by atoms with E-state index in [4.69, 9.17) is 16.3 Å². The minimum atomic E-state index is -2.33. The number of rotatable bonds is 6. The lowest BCUT2D eigenvalue weighted by molar-refractivity contribution is -0.132. The SMILES string of the molecule is Cc1ccc(N(C(=O)[C@H](F)Cl)[C@](C)(C(=O)N[C@H]2CCOC[C@H]2C)c2cncnc2)cc1. The van der Waals surface area contributed by atoms with Crippen LogP contribution >= 0.6 is 11.6 Å². The van der Waals surface area contributed by atoms with Crippen LogP contribution in [-0.2, 0) is 19.9 Å². The number of nitrogens with one attached hydrogen (secondary N) is 1. The highest BCUT2D eigenvalue weighted by molar-refractivity contribution is 6.32. The first-order chi connectivity index (χ1) is 14.7. The van der Waals surface area contributed by atoms with E-state index in [1.54, 1.807) is 31.2 Å². The van der Waals surface area contributed by atoms with E-state index >= 15 is 0 Å². The number of aryl methyl sites for hydroxylation is 1. The fourth-order valence-corrected chi connectivity index (χ4v) is 3.81. The number of benzene rings is 1. The summed E-state index contributed by atoms with van der Waals surface area (Å²) in [5.41, 5.74) is -2.37. The van der Waals surface area contributed by atoms with Crippen LogP contribution in [0.4, 0.5) is 10.1 Å². The van der Waals surface area contributed by atoms with Gasteiger partial charge in [-0.15, -0.1) is 0 Å². The van der Waals surface area contributed by atoms with Crippen LogP contribution in [0.15, 0.2) is 43.0 Å². The molecule has 0 unspecified atom stereocenters. The number of halogens is 2. The van der Waals surface area contributed by atoms with Crippen LogP contribution in [0.5, 0.6) is 0 Å². The highest BCUT2D eigenvalue weighted by atomic mass is 35.5. The van der Waals surface area contributed by atoms with Crippen LogP contribution in [0.3, 0.4) is 0 Å². The molecule has 1 saturated heterocycles. The predicted octanol–water partition coefficient (Wildman–Crippen LogP) is 3.11. The molecule has 31 heavy (non-hydrogen) atoms. The van der Waals surface area contributed by atoms with Gasteiger partial charge in [0.25, 0.3) is 17.4 Å². The fourth-order valence-electron chi connectivity index (χ4n) is 3.71. The van der Waals surface area contributed by atoms with Crippen molar-refractivity contribution in [1.29, 1.82) is 0 Å². The molecule has 4 atom stereocenters. The van der Waals surface area contributed by atoms with Crippen LogP contribution in [0, 0.1) is 12.8 Å². The Morgan fingerprint density at radius 2 is 1.94 bits per heavy atom. The van der Waals surface area contributed by atoms with Crippen molar-refractivity contribution < 1.29 is 18.7 Å². The maximum absolute atomic E-state index is 14.1. The molecule has 0 saturated carbocycles. The molecule has 1 aromatic carbocycles. The van der Waals surface area contributed by atoms with Crippen LogP contribution in [0.2, 0.25) is 0 Å². The van der Waals surface area contributed by atoms with Gasteiger partial charge in [-0.3, -0.25) is 14.5 Å². The van der Waals surface area contributed by atoms with E-state index in [-0.39, 0.29) is 12.0 Å². The monoisotopic (exact) mass is 448 g/mol. The molecule has 1 aromatic heterocycles. The van der Waals surface area contributed by atoms with E-state index in [1.165, 1.54) is 18.7 Å². The third-order valence-electron chi connectivity index (χ3n) is 5.67. The van der Waals surface area contributed by atoms with Crippen LogP contribution in [0.25, 0.3) is 0 Å². The summed E-state index contributed by atoms with van der Waals surface area (Å²) in [5, 5.41) is 3.03. The van der Waals surface area contributed by atoms with Gasteiger partial charge < -0.3 is 10.1 Å². The third-order valence-corrected chi connectivity index (χ3v) is 5.86. The molecule has 2 aromatic rings. The summed E-state index contributed by atoms with van der Waals surface area (Å²) >= 11 is 5.58. The molecule has 166 valence electrons. The third kappa shape index (κ3) is 4.85. The zero-order chi connectivity index (χ0) is 22.6. The summed E-state index contributed by atoms with van der Waals surface area (Å²) in [5.74, 6) is -1.45. The number of ether oxygens (including phenoxy) is 1. The van der Waals surface area contributed by atoms with Crippen molar-refractivity contribution in [3.63, 3.8) is 0 Å². The van der Waals surface area contributed by atoms with Crippen molar-refractivity contribution in [3.05, 3.63) is 54.1 Å². The summed E-state index contributed by atoms with van der Waals surface area (Å²) in [7, 11) is 0. The number of amides is 2. The lowest BCUT2D eigenvalue weighted by Crippen LogP contribution is -2.61. The maximum atomic E-state index is 14.1. The number of carbonyl (C=O) groups excluding carboxylic acids is 2. The van der Waals surface area contributed by atoms with Crippen molar-refractivity contribution >= 4 is 29.1 Å². The van der Waals surface area contributed by atoms with Crippen molar-refractivity contribution in [2.75, 3.05) is 18.1 Å². The first-order valence-electron chi connectivity index (χ1n) is 10.1. The Hall–Kier alpha value is -2.58. The van der Waals surface area contributed by atoms with Gasteiger partial charge in [0.2, 0.25) is 0 Å². The first kappa shape index (κ1) is 23.1. The zero-order valence-electron chi connectivity index (χ0n) is 17.7. The maximum Gasteiger partial charge on any atom is 0.278 e. The quantitative estimate of drug-likeness (QED) is 0.686. The van der Waals surface area contributed by atoms with Crippen molar-refractivity contribution in [3.8, 4) is 0 Å². The van der Waals surface area contributed by atoms with Gasteiger partial charge in [0.15, 0.2) is 5.54 Å². The van der Waals surface area contributed by atoms with Crippen LogP contribution in [-0.4, -0.2) is 46.7 Å². The molecule has 9 heteroatoms. The molecular formula is C22H26ClFN4O3. The number of alkyl halides is 2. The highest BCUT2D eigenvalue weighted by Gasteiger charge is 2.48. The molecule has 0 radical (unpaired) electrons. The fraction of sp³-hybridized carbons (Fsp3) is 0.455. The Balaban J connectivity index is 2.11. The Kier molecular flexibility index (Phi) is 7.23. The van der Waals surface area contributed by atoms with Gasteiger partial charge in [-0.2, -0.15) is 0 Å². The molecule has 0 spiro atoms. The molecule has 1 aliphatic rings. The largest absolute Gasteiger partial charge is 0.381 e. The average Bonchev–Trinajstić information content (AvgIpc) is 2.77. The van der Waals surface area contributed by atoms with Gasteiger partial charge in [0.1, 0.15) is 6.33 Å². The van der Waals surface area contributed by atoms with Crippen molar-refractivity contribution in [2.24, 2.45) is 5.92 Å². The second-order valence-electron chi connectivity index (χ2n) is 7.93. The van der Waals surface area contributed by atoms with E-state index in [2.05, 4.69) is 15.3 Å². The van der Waals surface area contributed by atoms with Crippen LogP contribution in [0.1, 0.15) is 31.4 Å². The molecule has 1 N–H and O–H groups in total. The van der Waals surface area contributed by atoms with Gasteiger partial charge in [-0.25, -0.2) is 14.4 Å². The second-order valence-corrected chi connectivity index (χ2v) is 8.31. The molecule has 0 bridgehead atoms. The first-order valence-corrected chi connectivity index (χ1v) is 10.5. The molecule has 1 fully saturated rings. The smallest absolute Gasteiger partial charge is 0.278 e. The molecule has 1 aliphatic heterocycles. The lowest BCUT2D eigenvalue weighted by atomic mass is 9.88. The number of hydrogen-bond acceptors (Lipinski definition) is 5. The van der Waals surface area contributed by atoms with Gasteiger partial charge in [-0.1, -0.05) is 36.2 Å². The zero-order valence-corrected chi connectivity index (χ0v) is 18.5. The minimum absolute atomic E-state index is 0.0828. The highest BCUT2D eigenvalue weighted by Crippen LogP contribution is 2.35. The van der Waals surface area contributed by atoms with E-state index in [0.717, 1.165) is 10.5 Å². The number of aromatic nitrogens is 2. The molecule has 2 amide bonds. The van der Waals surface area contributed by atoms with E-state index in [0.29, 0.717) is 30.9 Å². The van der Waals surface area contributed by atoms with Gasteiger partial charge in [0.05, 0.1) is 6.61 Å². The standard InChI is InChI=1S/C22H26ClFN4O3/c1-14-4-6-17(7-5-14)28(20(29)19(23)24)22(3,16-10-25-13-26-11-16)21(30)27-18-8-9-31-12-15(18)2/h4-7,10-11,13,15,18-19H,8-9,12H2,1-3H3,(H,27,30)/t15-,18+,19+,22+/m1/s1. The molecule has 7 nitrogen and oxygen atoms in total. The van der Waals surface area contributed by atoms with Gasteiger partial charge in [0, 0.05) is 36.3 Å². The summed E-state index contributed by atoms with van der Waals surface area (Å²) < 4.78 is 19.6. The summed E-state index contributed by atoms with van der Waals surface area (Å²) in [6.07, 6.45) is 4.83.